The quantitative estimate of drug-likeness (QED) is 0.118. The van der Waals surface area contributed by atoms with Crippen LogP contribution in [-0.4, -0.2) is 220 Å². The van der Waals surface area contributed by atoms with Gasteiger partial charge in [0.1, 0.15) is 71.8 Å². The molecule has 4 saturated heterocycles. The lowest BCUT2D eigenvalue weighted by molar-refractivity contribution is -0.163. The van der Waals surface area contributed by atoms with Crippen LogP contribution in [-0.2, 0) is 57.4 Å². The number of aromatic nitrogens is 1. The van der Waals surface area contributed by atoms with Gasteiger partial charge in [0, 0.05) is 46.8 Å². The number of amides is 10. The van der Waals surface area contributed by atoms with E-state index in [4.69, 9.17) is 24.6 Å². The maximum atomic E-state index is 15.2. The molecule has 5 heterocycles. The molecule has 5 aliphatic heterocycles. The Morgan fingerprint density at radius 2 is 1.03 bits per heavy atom. The molecule has 6 N–H and O–H groups in total. The molecule has 28 nitrogen and oxygen atoms in total. The zero-order valence-electron chi connectivity index (χ0n) is 54.1. The standard InChI is InChI=1S/C62H86N12O16/c1-27(2)42-59(84)73-23-17-19-36(73)57(82)69(13)25-38(75)71(15)48(29(5)6)61(86)88-33(11)44(55(80)65-42)67-53(78)35-22-21-31(9)51-46(35)64-47-40(41(63)50(77)32(10)52(47)90-51)54(79)68-45-34(12)89-62(87)49(30(7)8)72(16)39(76)26-70(14)58(83)37-20-18-24-74(37)60(85)43(28(3)4)66-56(45)81/h21-22,27-30,33-34,36-37,42-45,48-49H,17-20,23-26,63H2,1-16H3,(H,65,80)(H,66,81)(H,67,78)(H,68,79)/t33-,34-,36+,37+,42-,43-,44+,45+,48-,49-/m1/s1. The number of anilines is 1. The molecule has 10 atom stereocenters. The van der Waals surface area contributed by atoms with Gasteiger partial charge in [-0.05, 0) is 88.7 Å². The van der Waals surface area contributed by atoms with Crippen molar-refractivity contribution in [2.45, 2.75) is 169 Å². The summed E-state index contributed by atoms with van der Waals surface area (Å²) in [7, 11) is 5.59. The van der Waals surface area contributed by atoms with Crippen LogP contribution < -0.4 is 32.4 Å². The van der Waals surface area contributed by atoms with E-state index < -0.39 is 191 Å². The molecule has 0 unspecified atom stereocenters. The normalized spacial score (nSPS) is 26.2. The number of esters is 2. The first-order chi connectivity index (χ1) is 42.1. The molecule has 4 fully saturated rings. The molecule has 1 aromatic carbocycles. The van der Waals surface area contributed by atoms with E-state index in [9.17, 15) is 52.7 Å². The van der Waals surface area contributed by atoms with Gasteiger partial charge in [-0.3, -0.25) is 52.7 Å². The largest absolute Gasteiger partial charge is 0.458 e. The minimum atomic E-state index is -1.88. The van der Waals surface area contributed by atoms with E-state index in [1.807, 2.05) is 0 Å². The van der Waals surface area contributed by atoms with Crippen molar-refractivity contribution in [3.63, 3.8) is 0 Å². The van der Waals surface area contributed by atoms with Crippen LogP contribution in [0.25, 0.3) is 22.6 Å². The second-order valence-electron chi connectivity index (χ2n) is 25.5. The lowest BCUT2D eigenvalue weighted by Crippen LogP contribution is -2.61. The Labute approximate surface area is 522 Å². The van der Waals surface area contributed by atoms with Gasteiger partial charge in [0.15, 0.2) is 11.3 Å². The van der Waals surface area contributed by atoms with E-state index in [1.165, 1.54) is 80.7 Å². The van der Waals surface area contributed by atoms with E-state index in [-0.39, 0.29) is 53.9 Å². The molecule has 490 valence electrons. The maximum Gasteiger partial charge on any atom is 0.329 e. The summed E-state index contributed by atoms with van der Waals surface area (Å²) in [6.45, 7) is 18.4. The Kier molecular flexibility index (Phi) is 21.1. The van der Waals surface area contributed by atoms with Crippen molar-refractivity contribution in [2.24, 2.45) is 23.7 Å². The number of fused-ring (bicyclic) bond motifs is 4. The fourth-order valence-electron chi connectivity index (χ4n) is 12.3. The number of ether oxygens (including phenoxy) is 2. The van der Waals surface area contributed by atoms with Crippen molar-refractivity contribution in [3.05, 3.63) is 44.6 Å². The summed E-state index contributed by atoms with van der Waals surface area (Å²) in [6, 6.07) is -7.90. The number of hydrogen-bond acceptors (Lipinski definition) is 18. The number of nitrogens with zero attached hydrogens (tertiary/aromatic N) is 7. The second kappa shape index (κ2) is 27.6. The third-order valence-corrected chi connectivity index (χ3v) is 17.5. The number of carbonyl (C=O) groups excluding carboxylic acids is 12. The molecule has 0 aromatic heterocycles. The Morgan fingerprint density at radius 3 is 1.44 bits per heavy atom. The summed E-state index contributed by atoms with van der Waals surface area (Å²) < 4.78 is 18.3. The molecular weight excluding hydrogens is 1170 g/mol. The lowest BCUT2D eigenvalue weighted by atomic mass is 9.98. The van der Waals surface area contributed by atoms with Gasteiger partial charge in [0.25, 0.3) is 11.8 Å². The van der Waals surface area contributed by atoms with E-state index in [0.717, 1.165) is 9.80 Å². The zero-order chi connectivity index (χ0) is 67.0. The number of cyclic esters (lactones) is 2. The van der Waals surface area contributed by atoms with E-state index >= 15 is 9.59 Å². The molecule has 1 aromatic rings. The maximum absolute atomic E-state index is 15.2. The summed E-state index contributed by atoms with van der Waals surface area (Å²) in [5.41, 5.74) is 3.57. The number of nitrogens with two attached hydrogens (primary N) is 1. The molecular formula is C62H86N12O16. The van der Waals surface area contributed by atoms with Crippen LogP contribution in [0.5, 0.6) is 0 Å². The molecule has 0 spiro atoms. The molecule has 0 bridgehead atoms. The van der Waals surface area contributed by atoms with Crippen LogP contribution in [0.15, 0.2) is 21.3 Å². The Balaban J connectivity index is 1.32. The Hall–Kier alpha value is -8.72. The van der Waals surface area contributed by atoms with Crippen LogP contribution >= 0.6 is 0 Å². The van der Waals surface area contributed by atoms with Crippen molar-refractivity contribution in [2.75, 3.05) is 60.1 Å². The smallest absolute Gasteiger partial charge is 0.329 e. The lowest BCUT2D eigenvalue weighted by Gasteiger charge is -2.36. The number of nitrogen functional groups attached to an aromatic ring is 1. The summed E-state index contributed by atoms with van der Waals surface area (Å²) in [5, 5.41) is 10.7. The molecule has 0 saturated carbocycles. The van der Waals surface area contributed by atoms with Gasteiger partial charge in [0.2, 0.25) is 52.7 Å². The molecule has 28 heteroatoms. The van der Waals surface area contributed by atoms with Gasteiger partial charge in [-0.1, -0.05) is 61.5 Å². The van der Waals surface area contributed by atoms with Crippen LogP contribution in [0.2, 0.25) is 0 Å². The topological polar surface area (TPSA) is 360 Å². The average Bonchev–Trinajstić information content (AvgIpc) is 0.893. The molecule has 0 radical (unpaired) electrons. The average molecular weight is 1260 g/mol. The second-order valence-corrected chi connectivity index (χ2v) is 25.5. The Bertz CT molecular complexity index is 3420. The SMILES string of the molecule is Cc1c2oc3c(C)ccc(C(=O)N[C@@H]4C(=O)N[C@H](C(C)C)C(=O)N5CCC[C@H]5C(=O)N(C)CC(=O)N(C)[C@H](C(C)C)C(=O)O[C@@H]4C)c3nc-2c(C(=O)N[C@@H]2C(=O)N[C@H](C(C)C)C(=O)N3CCC[C@H]3C(=O)N(C)CC(=O)N(C)[C@H](C(C)C)C(=O)O[C@@H]2C)c(N)c1=O. The van der Waals surface area contributed by atoms with Crippen LogP contribution in [0.1, 0.15) is 127 Å². The highest BCUT2D eigenvalue weighted by Gasteiger charge is 2.46. The minimum Gasteiger partial charge on any atom is -0.458 e. The van der Waals surface area contributed by atoms with E-state index in [2.05, 4.69) is 21.3 Å². The highest BCUT2D eigenvalue weighted by molar-refractivity contribution is 6.10. The number of rotatable bonds is 8. The first kappa shape index (κ1) is 68.8. The number of hydrogen-bond donors (Lipinski definition) is 5. The third kappa shape index (κ3) is 13.7. The number of carbonyl (C=O) groups is 12. The number of benzene rings is 2. The van der Waals surface area contributed by atoms with Gasteiger partial charge in [-0.2, -0.15) is 0 Å². The molecule has 7 rings (SSSR count). The summed E-state index contributed by atoms with van der Waals surface area (Å²) in [6.07, 6.45) is -1.65. The number of likely N-dealkylation sites (N-methyl/N-ethyl adjacent to an activating group) is 4. The van der Waals surface area contributed by atoms with Crippen molar-refractivity contribution < 1.29 is 71.4 Å². The van der Waals surface area contributed by atoms with Gasteiger partial charge < -0.3 is 70.3 Å². The summed E-state index contributed by atoms with van der Waals surface area (Å²) >= 11 is 0. The third-order valence-electron chi connectivity index (χ3n) is 17.5. The zero-order valence-corrected chi connectivity index (χ0v) is 54.1. The van der Waals surface area contributed by atoms with Gasteiger partial charge in [-0.25, -0.2) is 14.6 Å². The van der Waals surface area contributed by atoms with Crippen molar-refractivity contribution in [1.29, 1.82) is 0 Å². The van der Waals surface area contributed by atoms with Crippen LogP contribution in [0.4, 0.5) is 5.69 Å². The first-order valence-electron chi connectivity index (χ1n) is 30.5. The molecule has 10 amide bonds. The highest BCUT2D eigenvalue weighted by atomic mass is 16.6. The van der Waals surface area contributed by atoms with Crippen molar-refractivity contribution in [3.8, 4) is 11.5 Å². The monoisotopic (exact) mass is 1250 g/mol. The van der Waals surface area contributed by atoms with Gasteiger partial charge in [-0.15, -0.1) is 0 Å². The predicted molar refractivity (Wildman–Crippen MR) is 325 cm³/mol. The summed E-state index contributed by atoms with van der Waals surface area (Å²) in [4.78, 5) is 199. The fraction of sp³-hybridized carbons (Fsp3) is 0.613. The van der Waals surface area contributed by atoms with Crippen LogP contribution in [0, 0.1) is 37.5 Å². The first-order valence-corrected chi connectivity index (χ1v) is 30.5. The van der Waals surface area contributed by atoms with Gasteiger partial charge >= 0.3 is 11.9 Å². The molecule has 1 aliphatic carbocycles. The molecule has 6 aliphatic rings. The highest BCUT2D eigenvalue weighted by Crippen LogP contribution is 2.35. The number of nitrogens with one attached hydrogen (secondary N) is 4. The van der Waals surface area contributed by atoms with Crippen LogP contribution in [0.3, 0.4) is 0 Å². The Morgan fingerprint density at radius 1 is 0.611 bits per heavy atom. The fourth-order valence-corrected chi connectivity index (χ4v) is 12.3. The van der Waals surface area contributed by atoms with Crippen molar-refractivity contribution in [1.82, 2.24) is 55.7 Å². The van der Waals surface area contributed by atoms with E-state index in [1.54, 1.807) is 62.3 Å². The number of aryl methyl sites for hydroxylation is 1. The minimum absolute atomic E-state index is 0.0763. The molecule has 90 heavy (non-hydrogen) atoms. The van der Waals surface area contributed by atoms with E-state index in [0.29, 0.717) is 18.4 Å². The van der Waals surface area contributed by atoms with Crippen molar-refractivity contribution >= 4 is 87.8 Å². The predicted octanol–water partition coefficient (Wildman–Crippen LogP) is 0.726. The summed E-state index contributed by atoms with van der Waals surface area (Å²) in [5.74, 6) is -12.4. The van der Waals surface area contributed by atoms with Gasteiger partial charge in [0.05, 0.1) is 29.9 Å².